The molecule has 0 saturated heterocycles. The predicted molar refractivity (Wildman–Crippen MR) is 181 cm³/mol. The Balaban J connectivity index is 2.18. The fourth-order valence-electron chi connectivity index (χ4n) is 4.19. The molecule has 0 bridgehead atoms. The molecule has 0 fully saturated rings. The van der Waals surface area contributed by atoms with Crippen molar-refractivity contribution in [1.29, 1.82) is 0 Å². The largest absolute Gasteiger partial charge is 0.481 e. The summed E-state index contributed by atoms with van der Waals surface area (Å²) >= 11 is 3.83. The first-order valence-electron chi connectivity index (χ1n) is 14.6. The molecule has 2 rings (SSSR count). The summed E-state index contributed by atoms with van der Waals surface area (Å²) in [6.07, 6.45) is -0.728. The van der Waals surface area contributed by atoms with Crippen LogP contribution < -0.4 is 32.3 Å². The van der Waals surface area contributed by atoms with E-state index in [1.54, 1.807) is 60.7 Å². The maximum atomic E-state index is 13.5. The number of hydrogen-bond acceptors (Lipinski definition) is 9. The van der Waals surface area contributed by atoms with E-state index in [0.717, 1.165) is 5.56 Å². The van der Waals surface area contributed by atoms with E-state index in [2.05, 4.69) is 48.6 Å². The van der Waals surface area contributed by atoms with Crippen LogP contribution in [0.3, 0.4) is 0 Å². The molecule has 6 amide bonds. The van der Waals surface area contributed by atoms with Crippen LogP contribution in [0.15, 0.2) is 60.7 Å². The van der Waals surface area contributed by atoms with Crippen molar-refractivity contribution in [2.24, 2.45) is 5.73 Å². The quantitative estimate of drug-likeness (QED) is 0.0652. The van der Waals surface area contributed by atoms with E-state index in [1.807, 2.05) is 0 Å². The summed E-state index contributed by atoms with van der Waals surface area (Å²) in [5.74, 6) is -6.64. The van der Waals surface area contributed by atoms with Gasteiger partial charge >= 0.3 is 18.0 Å². The molecule has 0 saturated carbocycles. The van der Waals surface area contributed by atoms with Crippen LogP contribution in [0.25, 0.3) is 0 Å². The molecule has 3 unspecified atom stereocenters. The maximum absolute atomic E-state index is 13.5. The molecule has 2 aromatic carbocycles. The van der Waals surface area contributed by atoms with Crippen molar-refractivity contribution in [3.8, 4) is 0 Å². The number of carbonyl (C=O) groups excluding carboxylic acids is 5. The number of nitrogens with one attached hydrogen (secondary N) is 5. The van der Waals surface area contributed by atoms with Crippen molar-refractivity contribution in [3.63, 3.8) is 0 Å². The molecular formula is C30H40N7O9PS. The van der Waals surface area contributed by atoms with E-state index in [-0.39, 0.29) is 18.6 Å². The summed E-state index contributed by atoms with van der Waals surface area (Å²) < 4.78 is 1.18. The molecule has 18 heteroatoms. The molecule has 48 heavy (non-hydrogen) atoms. The van der Waals surface area contributed by atoms with Gasteiger partial charge in [-0.15, -0.1) is 0 Å². The third-order valence-electron chi connectivity index (χ3n) is 6.77. The monoisotopic (exact) mass is 705 g/mol. The Bertz CT molecular complexity index is 1440. The van der Waals surface area contributed by atoms with E-state index < -0.39 is 84.8 Å². The Morgan fingerprint density at radius 1 is 0.729 bits per heavy atom. The Labute approximate surface area is 284 Å². The Kier molecular flexibility index (Phi) is 16.3. The number of benzene rings is 2. The molecule has 0 aliphatic rings. The van der Waals surface area contributed by atoms with Crippen LogP contribution >= 0.6 is 22.0 Å². The van der Waals surface area contributed by atoms with Crippen LogP contribution in [0.5, 0.6) is 0 Å². The van der Waals surface area contributed by atoms with Gasteiger partial charge in [0, 0.05) is 32.2 Å². The van der Waals surface area contributed by atoms with Gasteiger partial charge in [0.05, 0.1) is 6.42 Å². The van der Waals surface area contributed by atoms with Crippen molar-refractivity contribution in [2.75, 3.05) is 19.3 Å². The van der Waals surface area contributed by atoms with Crippen LogP contribution in [-0.4, -0.2) is 106 Å². The van der Waals surface area contributed by atoms with Gasteiger partial charge < -0.3 is 47.2 Å². The molecule has 9 N–H and O–H groups in total. The highest BCUT2D eigenvalue weighted by molar-refractivity contribution is 7.80. The summed E-state index contributed by atoms with van der Waals surface area (Å²) in [6, 6.07) is 10.3. The standard InChI is InChI=1S/C30H40N7O9PS/c1-37(47)30(46)36-21(13-18-10-6-3-7-11-18)27(42)34-20(12-17-8-4-2-5-9-17)26(41)32-15-19(31)25(40)33-22(14-24(38)39)28(43)35-23(16-48)29(44)45/h2-11,19-23,48H,12-16,31,47H2,1H3,(H,32,41)(H,33,40)(H,34,42)(H,35,43)(H,36,46)(H,38,39)(H,44,45)/t19-,20-,21-,22?,23?/m0/s1. The van der Waals surface area contributed by atoms with Crippen LogP contribution in [0.1, 0.15) is 17.5 Å². The number of carbonyl (C=O) groups is 7. The number of aliphatic carboxylic acids is 2. The Morgan fingerprint density at radius 3 is 1.65 bits per heavy atom. The third-order valence-corrected chi connectivity index (χ3v) is 7.37. The predicted octanol–water partition coefficient (Wildman–Crippen LogP) is -1.34. The van der Waals surface area contributed by atoms with Crippen LogP contribution in [0, 0.1) is 0 Å². The highest BCUT2D eigenvalue weighted by Gasteiger charge is 2.31. The number of carboxylic acids is 2. The second-order valence-electron chi connectivity index (χ2n) is 10.6. The van der Waals surface area contributed by atoms with Gasteiger partial charge in [0.1, 0.15) is 30.2 Å². The van der Waals surface area contributed by atoms with E-state index in [4.69, 9.17) is 10.8 Å². The second kappa shape index (κ2) is 19.8. The average Bonchev–Trinajstić information content (AvgIpc) is 3.05. The molecule has 0 aromatic heterocycles. The molecule has 0 aliphatic carbocycles. The van der Waals surface area contributed by atoms with Crippen molar-refractivity contribution < 1.29 is 43.8 Å². The SMILES string of the molecule is CN(P)C(=O)N[C@@H](Cc1ccccc1)C(=O)N[C@@H](Cc1ccccc1)C(=O)NC[C@H](N)C(=O)NC(CC(=O)O)C(=O)NC(CS)C(=O)O. The molecular weight excluding hydrogens is 665 g/mol. The van der Waals surface area contributed by atoms with Gasteiger partial charge in [0.2, 0.25) is 23.6 Å². The fraction of sp³-hybridized carbons (Fsp3) is 0.367. The summed E-state index contributed by atoms with van der Waals surface area (Å²) in [5, 5.41) is 30.4. The molecule has 0 heterocycles. The Hall–Kier alpha value is -4.73. The molecule has 2 aromatic rings. The lowest BCUT2D eigenvalue weighted by Crippen LogP contribution is -2.59. The van der Waals surface area contributed by atoms with Crippen molar-refractivity contribution in [3.05, 3.63) is 71.8 Å². The summed E-state index contributed by atoms with van der Waals surface area (Å²) in [5.41, 5.74) is 7.38. The zero-order valence-corrected chi connectivity index (χ0v) is 28.0. The highest BCUT2D eigenvalue weighted by Crippen LogP contribution is 2.08. The molecule has 0 radical (unpaired) electrons. The number of nitrogens with zero attached hydrogens (tertiary/aromatic N) is 1. The molecule has 16 nitrogen and oxygen atoms in total. The zero-order chi connectivity index (χ0) is 35.8. The first kappa shape index (κ1) is 39.4. The van der Waals surface area contributed by atoms with Crippen molar-refractivity contribution in [1.82, 2.24) is 31.3 Å². The summed E-state index contributed by atoms with van der Waals surface area (Å²) in [7, 11) is 3.67. The smallest absolute Gasteiger partial charge is 0.327 e. The first-order valence-corrected chi connectivity index (χ1v) is 15.7. The minimum Gasteiger partial charge on any atom is -0.481 e. The number of urea groups is 1. The number of hydrogen-bond donors (Lipinski definition) is 9. The lowest BCUT2D eigenvalue weighted by atomic mass is 10.0. The van der Waals surface area contributed by atoms with Gasteiger partial charge in [-0.1, -0.05) is 60.7 Å². The number of thiol groups is 1. The number of carboxylic acid groups (broad SMARTS) is 2. The fourth-order valence-corrected chi connectivity index (χ4v) is 4.51. The highest BCUT2D eigenvalue weighted by atomic mass is 32.1. The van der Waals surface area contributed by atoms with E-state index >= 15 is 0 Å². The van der Waals surface area contributed by atoms with Gasteiger partial charge in [0.25, 0.3) is 0 Å². The average molecular weight is 706 g/mol. The number of amides is 6. The van der Waals surface area contributed by atoms with Crippen molar-refractivity contribution >= 4 is 63.6 Å². The van der Waals surface area contributed by atoms with Crippen molar-refractivity contribution in [2.45, 2.75) is 49.5 Å². The molecule has 260 valence electrons. The third kappa shape index (κ3) is 13.6. The van der Waals surface area contributed by atoms with Gasteiger partial charge in [-0.05, 0) is 20.5 Å². The van der Waals surface area contributed by atoms with E-state index in [9.17, 15) is 38.7 Å². The molecule has 6 atom stereocenters. The summed E-state index contributed by atoms with van der Waals surface area (Å²) in [6.45, 7) is -0.482. The molecule has 0 spiro atoms. The second-order valence-corrected chi connectivity index (χ2v) is 11.8. The van der Waals surface area contributed by atoms with Crippen LogP contribution in [0.2, 0.25) is 0 Å². The summed E-state index contributed by atoms with van der Waals surface area (Å²) in [4.78, 5) is 87.3. The lowest BCUT2D eigenvalue weighted by molar-refractivity contribution is -0.143. The zero-order valence-electron chi connectivity index (χ0n) is 26.0. The number of rotatable bonds is 18. The minimum absolute atomic E-state index is 0.0339. The van der Waals surface area contributed by atoms with Crippen LogP contribution in [0.4, 0.5) is 4.79 Å². The maximum Gasteiger partial charge on any atom is 0.327 e. The van der Waals surface area contributed by atoms with Crippen LogP contribution in [-0.2, 0) is 41.6 Å². The topological polar surface area (TPSA) is 249 Å². The normalized spacial score (nSPS) is 13.8. The molecule has 0 aliphatic heterocycles. The Morgan fingerprint density at radius 2 is 1.19 bits per heavy atom. The van der Waals surface area contributed by atoms with E-state index in [0.29, 0.717) is 5.56 Å². The minimum atomic E-state index is -1.68. The first-order chi connectivity index (χ1) is 22.7. The van der Waals surface area contributed by atoms with Gasteiger partial charge in [-0.2, -0.15) is 12.6 Å². The van der Waals surface area contributed by atoms with E-state index in [1.165, 1.54) is 11.7 Å². The van der Waals surface area contributed by atoms with Gasteiger partial charge in [-0.25, -0.2) is 9.59 Å². The van der Waals surface area contributed by atoms with Gasteiger partial charge in [0.15, 0.2) is 0 Å². The van der Waals surface area contributed by atoms with Gasteiger partial charge in [-0.3, -0.25) is 24.0 Å². The lowest BCUT2D eigenvalue weighted by Gasteiger charge is -2.25. The number of nitrogens with two attached hydrogens (primary N) is 1.